The molecular formula is C16H22N4O2. The molecule has 0 bridgehead atoms. The predicted octanol–water partition coefficient (Wildman–Crippen LogP) is 1.19. The van der Waals surface area contributed by atoms with Gasteiger partial charge in [-0.1, -0.05) is 6.92 Å². The Morgan fingerprint density at radius 1 is 1.32 bits per heavy atom. The largest absolute Gasteiger partial charge is 0.480 e. The van der Waals surface area contributed by atoms with Crippen LogP contribution >= 0.6 is 0 Å². The SMILES string of the molecule is CCN1CCN(C(=O)COc2cccn3cc(C)nc23)CC1. The van der Waals surface area contributed by atoms with Gasteiger partial charge in [-0.15, -0.1) is 0 Å². The minimum atomic E-state index is 0.0426. The van der Waals surface area contributed by atoms with Crippen LogP contribution in [-0.2, 0) is 4.79 Å². The number of fused-ring (bicyclic) bond motifs is 1. The first-order valence-electron chi connectivity index (χ1n) is 7.74. The molecule has 1 aliphatic rings. The number of amides is 1. The maximum atomic E-state index is 12.3. The second kappa shape index (κ2) is 6.36. The average molecular weight is 302 g/mol. The lowest BCUT2D eigenvalue weighted by Crippen LogP contribution is -2.49. The first-order chi connectivity index (χ1) is 10.7. The second-order valence-corrected chi connectivity index (χ2v) is 5.59. The highest BCUT2D eigenvalue weighted by atomic mass is 16.5. The lowest BCUT2D eigenvalue weighted by Gasteiger charge is -2.33. The van der Waals surface area contributed by atoms with Crippen LogP contribution in [0.15, 0.2) is 24.5 Å². The normalized spacial score (nSPS) is 16.2. The van der Waals surface area contributed by atoms with E-state index in [1.54, 1.807) is 0 Å². The number of pyridine rings is 1. The highest BCUT2D eigenvalue weighted by Gasteiger charge is 2.20. The molecule has 6 nitrogen and oxygen atoms in total. The summed E-state index contributed by atoms with van der Waals surface area (Å²) >= 11 is 0. The van der Waals surface area contributed by atoms with Crippen molar-refractivity contribution >= 4 is 11.6 Å². The number of imidazole rings is 1. The number of ether oxygens (including phenoxy) is 1. The minimum absolute atomic E-state index is 0.0426. The van der Waals surface area contributed by atoms with Crippen LogP contribution in [0.25, 0.3) is 5.65 Å². The van der Waals surface area contributed by atoms with E-state index in [-0.39, 0.29) is 12.5 Å². The number of piperazine rings is 1. The van der Waals surface area contributed by atoms with Gasteiger partial charge in [-0.25, -0.2) is 4.98 Å². The Hall–Kier alpha value is -2.08. The number of aromatic nitrogens is 2. The monoisotopic (exact) mass is 302 g/mol. The first-order valence-corrected chi connectivity index (χ1v) is 7.74. The summed E-state index contributed by atoms with van der Waals surface area (Å²) in [6.07, 6.45) is 3.86. The highest BCUT2D eigenvalue weighted by Crippen LogP contribution is 2.18. The molecular weight excluding hydrogens is 280 g/mol. The molecule has 3 heterocycles. The molecule has 2 aromatic heterocycles. The van der Waals surface area contributed by atoms with Gasteiger partial charge in [-0.05, 0) is 25.6 Å². The quantitative estimate of drug-likeness (QED) is 0.851. The fourth-order valence-corrected chi connectivity index (χ4v) is 2.77. The molecule has 22 heavy (non-hydrogen) atoms. The molecule has 0 N–H and O–H groups in total. The van der Waals surface area contributed by atoms with Crippen molar-refractivity contribution in [3.63, 3.8) is 0 Å². The summed E-state index contributed by atoms with van der Waals surface area (Å²) < 4.78 is 7.62. The molecule has 1 saturated heterocycles. The Balaban J connectivity index is 1.61. The van der Waals surface area contributed by atoms with Crippen LogP contribution in [0.5, 0.6) is 5.75 Å². The van der Waals surface area contributed by atoms with E-state index < -0.39 is 0 Å². The Labute approximate surface area is 130 Å². The third-order valence-corrected chi connectivity index (χ3v) is 4.09. The molecule has 0 spiro atoms. The molecule has 0 atom stereocenters. The molecule has 1 fully saturated rings. The topological polar surface area (TPSA) is 50.1 Å². The zero-order valence-electron chi connectivity index (χ0n) is 13.2. The Morgan fingerprint density at radius 3 is 2.82 bits per heavy atom. The molecule has 1 amide bonds. The van der Waals surface area contributed by atoms with Crippen LogP contribution in [0, 0.1) is 6.92 Å². The molecule has 118 valence electrons. The number of carbonyl (C=O) groups is 1. The van der Waals surface area contributed by atoms with Crippen LogP contribution in [-0.4, -0.2) is 64.4 Å². The molecule has 0 radical (unpaired) electrons. The van der Waals surface area contributed by atoms with E-state index in [0.717, 1.165) is 44.1 Å². The maximum Gasteiger partial charge on any atom is 0.260 e. The van der Waals surface area contributed by atoms with E-state index in [1.807, 2.05) is 40.8 Å². The smallest absolute Gasteiger partial charge is 0.260 e. The zero-order valence-corrected chi connectivity index (χ0v) is 13.2. The molecule has 0 aromatic carbocycles. The fraction of sp³-hybridized carbons (Fsp3) is 0.500. The van der Waals surface area contributed by atoms with Gasteiger partial charge in [0.25, 0.3) is 5.91 Å². The predicted molar refractivity (Wildman–Crippen MR) is 84.1 cm³/mol. The number of rotatable bonds is 4. The van der Waals surface area contributed by atoms with Gasteiger partial charge in [-0.2, -0.15) is 0 Å². The Bertz CT molecular complexity index is 659. The molecule has 0 unspecified atom stereocenters. The average Bonchev–Trinajstić information content (AvgIpc) is 2.93. The van der Waals surface area contributed by atoms with Gasteiger partial charge >= 0.3 is 0 Å². The summed E-state index contributed by atoms with van der Waals surface area (Å²) in [6.45, 7) is 8.64. The number of aryl methyl sites for hydroxylation is 1. The number of carbonyl (C=O) groups excluding carboxylic acids is 1. The molecule has 6 heteroatoms. The lowest BCUT2D eigenvalue weighted by molar-refractivity contribution is -0.135. The van der Waals surface area contributed by atoms with E-state index in [0.29, 0.717) is 5.75 Å². The summed E-state index contributed by atoms with van der Waals surface area (Å²) in [5.41, 5.74) is 1.68. The van der Waals surface area contributed by atoms with Crippen LogP contribution in [0.2, 0.25) is 0 Å². The second-order valence-electron chi connectivity index (χ2n) is 5.59. The van der Waals surface area contributed by atoms with Crippen molar-refractivity contribution in [1.29, 1.82) is 0 Å². The van der Waals surface area contributed by atoms with Crippen molar-refractivity contribution < 1.29 is 9.53 Å². The maximum absolute atomic E-state index is 12.3. The van der Waals surface area contributed by atoms with E-state index in [1.165, 1.54) is 0 Å². The summed E-state index contributed by atoms with van der Waals surface area (Å²) in [7, 11) is 0. The van der Waals surface area contributed by atoms with Gasteiger partial charge in [0.15, 0.2) is 18.0 Å². The molecule has 2 aromatic rings. The van der Waals surface area contributed by atoms with Crippen molar-refractivity contribution in [2.45, 2.75) is 13.8 Å². The minimum Gasteiger partial charge on any atom is -0.480 e. The third kappa shape index (κ3) is 3.06. The molecule has 1 aliphatic heterocycles. The number of likely N-dealkylation sites (N-methyl/N-ethyl adjacent to an activating group) is 1. The number of nitrogens with zero attached hydrogens (tertiary/aromatic N) is 4. The van der Waals surface area contributed by atoms with Crippen molar-refractivity contribution in [1.82, 2.24) is 19.2 Å². The van der Waals surface area contributed by atoms with Gasteiger partial charge in [-0.3, -0.25) is 4.79 Å². The highest BCUT2D eigenvalue weighted by molar-refractivity contribution is 5.78. The third-order valence-electron chi connectivity index (χ3n) is 4.09. The van der Waals surface area contributed by atoms with Crippen LogP contribution in [0.4, 0.5) is 0 Å². The van der Waals surface area contributed by atoms with Crippen molar-refractivity contribution in [2.75, 3.05) is 39.3 Å². The fourth-order valence-electron chi connectivity index (χ4n) is 2.77. The van der Waals surface area contributed by atoms with Gasteiger partial charge in [0.2, 0.25) is 0 Å². The van der Waals surface area contributed by atoms with Gasteiger partial charge < -0.3 is 18.9 Å². The lowest BCUT2D eigenvalue weighted by atomic mass is 10.3. The van der Waals surface area contributed by atoms with Crippen molar-refractivity contribution in [3.05, 3.63) is 30.2 Å². The molecule has 0 saturated carbocycles. The van der Waals surface area contributed by atoms with Crippen LogP contribution in [0.1, 0.15) is 12.6 Å². The Kier molecular flexibility index (Phi) is 4.29. The van der Waals surface area contributed by atoms with Gasteiger partial charge in [0.05, 0.1) is 5.69 Å². The van der Waals surface area contributed by atoms with Crippen molar-refractivity contribution in [3.8, 4) is 5.75 Å². The van der Waals surface area contributed by atoms with Gasteiger partial charge in [0.1, 0.15) is 0 Å². The van der Waals surface area contributed by atoms with E-state index >= 15 is 0 Å². The van der Waals surface area contributed by atoms with E-state index in [4.69, 9.17) is 4.74 Å². The number of hydrogen-bond donors (Lipinski definition) is 0. The summed E-state index contributed by atoms with van der Waals surface area (Å²) in [5.74, 6) is 0.692. The van der Waals surface area contributed by atoms with Crippen molar-refractivity contribution in [2.24, 2.45) is 0 Å². The standard InChI is InChI=1S/C16H22N4O2/c1-3-18-7-9-19(10-8-18)15(21)12-22-14-5-4-6-20-11-13(2)17-16(14)20/h4-6,11H,3,7-10,12H2,1-2H3. The van der Waals surface area contributed by atoms with Crippen LogP contribution in [0.3, 0.4) is 0 Å². The molecule has 3 rings (SSSR count). The summed E-state index contributed by atoms with van der Waals surface area (Å²) in [4.78, 5) is 20.9. The van der Waals surface area contributed by atoms with Gasteiger partial charge in [0, 0.05) is 38.6 Å². The summed E-state index contributed by atoms with van der Waals surface area (Å²) in [6, 6.07) is 3.75. The van der Waals surface area contributed by atoms with E-state index in [2.05, 4.69) is 16.8 Å². The summed E-state index contributed by atoms with van der Waals surface area (Å²) in [5, 5.41) is 0. The zero-order chi connectivity index (χ0) is 15.5. The molecule has 0 aliphatic carbocycles. The number of hydrogen-bond acceptors (Lipinski definition) is 4. The Morgan fingerprint density at radius 2 is 2.09 bits per heavy atom. The van der Waals surface area contributed by atoms with Crippen LogP contribution < -0.4 is 4.74 Å². The van der Waals surface area contributed by atoms with E-state index in [9.17, 15) is 4.79 Å². The first kappa shape index (κ1) is 14.8.